The quantitative estimate of drug-likeness (QED) is 0.374. The summed E-state index contributed by atoms with van der Waals surface area (Å²) in [5.74, 6) is 2.29. The fraction of sp³-hybridized carbons (Fsp3) is 0.657. The molecule has 1 nitrogen and oxygen atoms in total. The Labute approximate surface area is 231 Å². The molecule has 0 aromatic heterocycles. The average molecular weight is 504 g/mol. The number of anilines is 1. The maximum atomic E-state index is 2.49. The lowest BCUT2D eigenvalue weighted by Gasteiger charge is -2.24. The van der Waals surface area contributed by atoms with E-state index >= 15 is 0 Å². The molecule has 0 saturated carbocycles. The molecule has 0 fully saturated rings. The SMILES string of the molecule is C.C.CC.CC.CC.CC.CC.CCN1c2ccccc2[C@H](C)[C@@H]1C.C[C@@H]1Cc2ccccc2[C@@H]1C. The molecule has 0 N–H and O–H groups in total. The zero-order chi connectivity index (χ0) is 27.3. The Kier molecular flexibility index (Phi) is 34.2. The van der Waals surface area contributed by atoms with E-state index in [4.69, 9.17) is 0 Å². The minimum atomic E-state index is 0. The van der Waals surface area contributed by atoms with E-state index in [2.05, 4.69) is 88.0 Å². The summed E-state index contributed by atoms with van der Waals surface area (Å²) in [6, 6.07) is 18.2. The summed E-state index contributed by atoms with van der Waals surface area (Å²) >= 11 is 0. The lowest BCUT2D eigenvalue weighted by molar-refractivity contribution is 0.532. The van der Waals surface area contributed by atoms with E-state index in [0.717, 1.165) is 18.4 Å². The molecule has 2 aromatic rings. The van der Waals surface area contributed by atoms with Gasteiger partial charge in [0, 0.05) is 24.2 Å². The predicted molar refractivity (Wildman–Crippen MR) is 175 cm³/mol. The maximum Gasteiger partial charge on any atom is 0.0404 e. The van der Waals surface area contributed by atoms with Crippen LogP contribution >= 0.6 is 0 Å². The molecule has 1 heterocycles. The Morgan fingerprint density at radius 2 is 1.03 bits per heavy atom. The van der Waals surface area contributed by atoms with Crippen LogP contribution in [0.2, 0.25) is 0 Å². The van der Waals surface area contributed by atoms with Crippen molar-refractivity contribution in [2.75, 3.05) is 11.4 Å². The molecular formula is C35H69N. The van der Waals surface area contributed by atoms with Crippen molar-refractivity contribution in [3.05, 3.63) is 65.2 Å². The van der Waals surface area contributed by atoms with Crippen LogP contribution in [0.3, 0.4) is 0 Å². The molecule has 4 rings (SSSR count). The molecular weight excluding hydrogens is 434 g/mol. The van der Waals surface area contributed by atoms with Crippen LogP contribution in [0.5, 0.6) is 0 Å². The first-order valence-corrected chi connectivity index (χ1v) is 14.5. The summed E-state index contributed by atoms with van der Waals surface area (Å²) in [5, 5.41) is 0. The highest BCUT2D eigenvalue weighted by molar-refractivity contribution is 5.61. The highest BCUT2D eigenvalue weighted by atomic mass is 15.2. The number of benzene rings is 2. The van der Waals surface area contributed by atoms with Crippen molar-refractivity contribution < 1.29 is 0 Å². The van der Waals surface area contributed by atoms with Crippen molar-refractivity contribution in [2.45, 2.75) is 143 Å². The van der Waals surface area contributed by atoms with Gasteiger partial charge in [-0.25, -0.2) is 0 Å². The summed E-state index contributed by atoms with van der Waals surface area (Å²) in [5.41, 5.74) is 6.08. The Morgan fingerprint density at radius 3 is 1.47 bits per heavy atom. The van der Waals surface area contributed by atoms with Gasteiger partial charge in [0.25, 0.3) is 0 Å². The summed E-state index contributed by atoms with van der Waals surface area (Å²) in [6.45, 7) is 32.6. The first kappa shape index (κ1) is 44.2. The summed E-state index contributed by atoms with van der Waals surface area (Å²) in [6.07, 6.45) is 1.28. The number of fused-ring (bicyclic) bond motifs is 2. The molecule has 0 spiro atoms. The molecule has 2 aliphatic rings. The lowest BCUT2D eigenvalue weighted by atomic mass is 9.97. The first-order valence-electron chi connectivity index (χ1n) is 14.5. The van der Waals surface area contributed by atoms with Crippen LogP contribution in [0.1, 0.15) is 147 Å². The second kappa shape index (κ2) is 27.8. The Balaban J connectivity index is -0.000000128. The number of hydrogen-bond donors (Lipinski definition) is 0. The normalized spacial score (nSPS) is 19.0. The predicted octanol–water partition coefficient (Wildman–Crippen LogP) is 12.4. The molecule has 0 amide bonds. The third-order valence-corrected chi connectivity index (χ3v) is 6.23. The number of hydrogen-bond acceptors (Lipinski definition) is 1. The Bertz CT molecular complexity index is 691. The van der Waals surface area contributed by atoms with E-state index in [-0.39, 0.29) is 14.9 Å². The van der Waals surface area contributed by atoms with E-state index in [0.29, 0.717) is 12.0 Å². The van der Waals surface area contributed by atoms with Gasteiger partial charge in [-0.3, -0.25) is 0 Å². The van der Waals surface area contributed by atoms with Gasteiger partial charge in [-0.2, -0.15) is 0 Å². The van der Waals surface area contributed by atoms with Crippen LogP contribution in [0, 0.1) is 5.92 Å². The first-order chi connectivity index (χ1) is 16.5. The van der Waals surface area contributed by atoms with Crippen molar-refractivity contribution in [3.63, 3.8) is 0 Å². The van der Waals surface area contributed by atoms with Gasteiger partial charge in [0.1, 0.15) is 0 Å². The standard InChI is InChI=1S/C12H17N.C11H14.5C2H6.2CH4/c1-4-13-10(3)9(2)11-7-5-6-8-12(11)13;1-8-7-10-5-3-4-6-11(10)9(8)2;5*1-2;;/h5-10H,4H2,1-3H3;3-6,8-9H,7H2,1-2H3;5*1-2H3;2*1H4/t9-,10+;8-,9-;;;;;;;/m11......./s1. The van der Waals surface area contributed by atoms with Crippen LogP contribution in [0.15, 0.2) is 48.5 Å². The van der Waals surface area contributed by atoms with Crippen molar-refractivity contribution in [3.8, 4) is 0 Å². The van der Waals surface area contributed by atoms with Crippen molar-refractivity contribution in [2.24, 2.45) is 5.92 Å². The van der Waals surface area contributed by atoms with Gasteiger partial charge in [0.05, 0.1) is 0 Å². The van der Waals surface area contributed by atoms with Crippen molar-refractivity contribution in [1.29, 1.82) is 0 Å². The maximum absolute atomic E-state index is 2.49. The van der Waals surface area contributed by atoms with Gasteiger partial charge in [-0.05, 0) is 54.9 Å². The summed E-state index contributed by atoms with van der Waals surface area (Å²) < 4.78 is 0. The zero-order valence-corrected chi connectivity index (χ0v) is 25.8. The summed E-state index contributed by atoms with van der Waals surface area (Å²) in [7, 11) is 0. The Morgan fingerprint density at radius 1 is 0.611 bits per heavy atom. The molecule has 0 radical (unpaired) electrons. The van der Waals surface area contributed by atoms with E-state index in [1.54, 1.807) is 11.1 Å². The molecule has 2 aromatic carbocycles. The number of rotatable bonds is 1. The molecule has 214 valence electrons. The molecule has 0 saturated heterocycles. The number of para-hydroxylation sites is 1. The fourth-order valence-electron chi connectivity index (χ4n) is 4.34. The van der Waals surface area contributed by atoms with E-state index in [1.807, 2.05) is 69.2 Å². The monoisotopic (exact) mass is 504 g/mol. The minimum Gasteiger partial charge on any atom is -0.368 e. The molecule has 0 bridgehead atoms. The number of nitrogens with zero attached hydrogens (tertiary/aromatic N) is 1. The van der Waals surface area contributed by atoms with E-state index in [1.165, 1.54) is 17.7 Å². The van der Waals surface area contributed by atoms with Crippen LogP contribution in [-0.4, -0.2) is 12.6 Å². The molecule has 4 atom stereocenters. The van der Waals surface area contributed by atoms with Crippen LogP contribution < -0.4 is 4.90 Å². The van der Waals surface area contributed by atoms with Gasteiger partial charge in [0.15, 0.2) is 0 Å². The second-order valence-electron chi connectivity index (χ2n) is 7.54. The molecule has 0 unspecified atom stereocenters. The molecule has 1 heteroatoms. The third kappa shape index (κ3) is 12.5. The van der Waals surface area contributed by atoms with Crippen LogP contribution in [-0.2, 0) is 6.42 Å². The Hall–Kier alpha value is -1.76. The highest BCUT2D eigenvalue weighted by Gasteiger charge is 2.30. The van der Waals surface area contributed by atoms with Crippen LogP contribution in [0.25, 0.3) is 0 Å². The fourth-order valence-corrected chi connectivity index (χ4v) is 4.34. The van der Waals surface area contributed by atoms with Gasteiger partial charge < -0.3 is 4.90 Å². The lowest BCUT2D eigenvalue weighted by Crippen LogP contribution is -2.30. The topological polar surface area (TPSA) is 3.24 Å². The van der Waals surface area contributed by atoms with Gasteiger partial charge in [-0.15, -0.1) is 0 Å². The van der Waals surface area contributed by atoms with Gasteiger partial charge in [-0.1, -0.05) is 147 Å². The number of likely N-dealkylation sites (N-methyl/N-ethyl adjacent to an activating group) is 1. The zero-order valence-electron chi connectivity index (χ0n) is 25.8. The van der Waals surface area contributed by atoms with E-state index in [9.17, 15) is 0 Å². The molecule has 36 heavy (non-hydrogen) atoms. The van der Waals surface area contributed by atoms with Gasteiger partial charge >= 0.3 is 0 Å². The smallest absolute Gasteiger partial charge is 0.0404 e. The average Bonchev–Trinajstić information content (AvgIpc) is 3.37. The molecule has 1 aliphatic carbocycles. The van der Waals surface area contributed by atoms with Gasteiger partial charge in [0.2, 0.25) is 0 Å². The largest absolute Gasteiger partial charge is 0.368 e. The summed E-state index contributed by atoms with van der Waals surface area (Å²) in [4.78, 5) is 2.49. The highest BCUT2D eigenvalue weighted by Crippen LogP contribution is 2.40. The minimum absolute atomic E-state index is 0. The van der Waals surface area contributed by atoms with Crippen LogP contribution in [0.4, 0.5) is 5.69 Å². The van der Waals surface area contributed by atoms with E-state index < -0.39 is 0 Å². The molecule has 1 aliphatic heterocycles. The third-order valence-electron chi connectivity index (χ3n) is 6.23. The van der Waals surface area contributed by atoms with Crippen molar-refractivity contribution in [1.82, 2.24) is 0 Å². The second-order valence-corrected chi connectivity index (χ2v) is 7.54. The van der Waals surface area contributed by atoms with Crippen molar-refractivity contribution >= 4 is 5.69 Å².